The highest BCUT2D eigenvalue weighted by Crippen LogP contribution is 2.37. The average Bonchev–Trinajstić information content (AvgIpc) is 4.12. The summed E-state index contributed by atoms with van der Waals surface area (Å²) in [4.78, 5) is 61.2. The summed E-state index contributed by atoms with van der Waals surface area (Å²) in [6.07, 6.45) is 14.1. The number of carbonyl (C=O) groups is 2. The quantitative estimate of drug-likeness (QED) is 0.0965. The first-order chi connectivity index (χ1) is 35.7. The van der Waals surface area contributed by atoms with Crippen LogP contribution in [0.25, 0.3) is 33.2 Å². The highest BCUT2D eigenvalue weighted by molar-refractivity contribution is 9.10. The summed E-state index contributed by atoms with van der Waals surface area (Å²) < 4.78 is 24.0. The highest BCUT2D eigenvalue weighted by atomic mass is 79.9. The van der Waals surface area contributed by atoms with Gasteiger partial charge in [0, 0.05) is 90.7 Å². The number of aromatic nitrogens is 8. The van der Waals surface area contributed by atoms with E-state index in [0.717, 1.165) is 118 Å². The number of fused-ring (bicyclic) bond motifs is 2. The first kappa shape index (κ1) is 51.8. The molecule has 18 nitrogen and oxygen atoms in total. The molecule has 74 heavy (non-hydrogen) atoms. The van der Waals surface area contributed by atoms with Crippen LogP contribution < -0.4 is 25.9 Å². The number of nitrogens with zero attached hydrogens (tertiary/aromatic N) is 8. The second-order valence-electron chi connectivity index (χ2n) is 19.1. The van der Waals surface area contributed by atoms with E-state index in [2.05, 4.69) is 116 Å². The third kappa shape index (κ3) is 12.1. The Labute approximate surface area is 438 Å². The molecular formula is C54H60BBrN12O6. The Balaban J connectivity index is 0.000000142. The topological polar surface area (TPSA) is 211 Å². The van der Waals surface area contributed by atoms with Gasteiger partial charge in [0.25, 0.3) is 11.8 Å². The standard InChI is InChI=1S/C24H24N6O2.C17H24BN3O3.C13H12BrN3O/c1-16(17-5-3-2-4-6-17)29-24(31)23-25-12-18(13-26-23)21-15-28-22-20(21)11-19(14-27-22)30-7-9-32-10-8-30;1-16(2)17(3,4)24-18(23-16)14-11-20-15-13(14)9-12(10-19-15)21-5-7-22-8-6-21;1-9(10-5-3-2-4-6-10)17-13(18)12-15-7-11(14)8-16-12/h2-6,11-16H,7-10H2,1H3,(H,27,28)(H,29,31);9-11H,5-8H2,1-4H3,(H,19,20);2-9H,1H3,(H,17,18)/t16-;;9-/m1.1/s1. The SMILES string of the molecule is CC1(C)OB(c2c[nH]c3ncc(N4CCOCC4)cc23)OC1(C)C.C[C@@H](NC(=O)c1ncc(-c2c[nH]c3ncc(N4CCOCC4)cc23)cn1)c1ccccc1.C[C@@H](NC(=O)c1ncc(Br)cn1)c1ccccc1. The Morgan fingerprint density at radius 1 is 0.608 bits per heavy atom. The van der Waals surface area contributed by atoms with E-state index in [1.807, 2.05) is 99.3 Å². The normalized spacial score (nSPS) is 16.9. The van der Waals surface area contributed by atoms with Crippen LogP contribution in [0.5, 0.6) is 0 Å². The van der Waals surface area contributed by atoms with Gasteiger partial charge in [-0.2, -0.15) is 0 Å². The summed E-state index contributed by atoms with van der Waals surface area (Å²) >= 11 is 3.23. The van der Waals surface area contributed by atoms with E-state index in [4.69, 9.17) is 18.8 Å². The van der Waals surface area contributed by atoms with Crippen LogP contribution in [0.3, 0.4) is 0 Å². The van der Waals surface area contributed by atoms with Crippen molar-refractivity contribution in [1.82, 2.24) is 50.5 Å². The van der Waals surface area contributed by atoms with Gasteiger partial charge < -0.3 is 49.2 Å². The van der Waals surface area contributed by atoms with Crippen LogP contribution >= 0.6 is 15.9 Å². The van der Waals surface area contributed by atoms with Crippen LogP contribution in [0.15, 0.2) is 127 Å². The Hall–Kier alpha value is -7.10. The van der Waals surface area contributed by atoms with Gasteiger partial charge in [0.15, 0.2) is 0 Å². The van der Waals surface area contributed by atoms with Crippen molar-refractivity contribution in [2.24, 2.45) is 0 Å². The molecule has 8 aromatic rings. The van der Waals surface area contributed by atoms with E-state index >= 15 is 0 Å². The number of nitrogens with one attached hydrogen (secondary N) is 4. The van der Waals surface area contributed by atoms with Gasteiger partial charge in [-0.15, -0.1) is 0 Å². The lowest BCUT2D eigenvalue weighted by atomic mass is 9.79. The minimum Gasteiger partial charge on any atom is -0.399 e. The third-order valence-electron chi connectivity index (χ3n) is 13.6. The van der Waals surface area contributed by atoms with Crippen molar-refractivity contribution in [1.29, 1.82) is 0 Å². The van der Waals surface area contributed by atoms with E-state index in [-0.39, 0.29) is 53.9 Å². The third-order valence-corrected chi connectivity index (χ3v) is 14.0. The van der Waals surface area contributed by atoms with Crippen molar-refractivity contribution >= 4 is 73.8 Å². The summed E-state index contributed by atoms with van der Waals surface area (Å²) in [7, 11) is -0.384. The smallest absolute Gasteiger partial charge is 0.399 e. The number of morpholine rings is 2. The van der Waals surface area contributed by atoms with Crippen molar-refractivity contribution in [2.75, 3.05) is 62.4 Å². The van der Waals surface area contributed by atoms with Gasteiger partial charge in [0.2, 0.25) is 11.6 Å². The molecule has 2 aromatic carbocycles. The van der Waals surface area contributed by atoms with Gasteiger partial charge in [-0.1, -0.05) is 60.7 Å². The predicted molar refractivity (Wildman–Crippen MR) is 289 cm³/mol. The molecule has 0 saturated carbocycles. The number of hydrogen-bond donors (Lipinski definition) is 4. The van der Waals surface area contributed by atoms with Gasteiger partial charge in [-0.05, 0) is 80.7 Å². The fourth-order valence-electron chi connectivity index (χ4n) is 8.58. The van der Waals surface area contributed by atoms with Gasteiger partial charge in [-0.25, -0.2) is 29.9 Å². The van der Waals surface area contributed by atoms with Crippen LogP contribution in [0.4, 0.5) is 11.4 Å². The van der Waals surface area contributed by atoms with E-state index in [1.54, 1.807) is 24.8 Å². The molecule has 0 radical (unpaired) electrons. The van der Waals surface area contributed by atoms with E-state index in [0.29, 0.717) is 0 Å². The molecule has 6 aromatic heterocycles. The van der Waals surface area contributed by atoms with Crippen molar-refractivity contribution in [3.05, 3.63) is 150 Å². The zero-order chi connectivity index (χ0) is 51.8. The summed E-state index contributed by atoms with van der Waals surface area (Å²) in [5.41, 5.74) is 7.99. The average molecular weight is 1060 g/mol. The molecule has 3 saturated heterocycles. The zero-order valence-corrected chi connectivity index (χ0v) is 43.9. The molecule has 20 heteroatoms. The summed E-state index contributed by atoms with van der Waals surface area (Å²) in [6, 6.07) is 23.6. The van der Waals surface area contributed by atoms with Gasteiger partial charge in [0.05, 0.1) is 78.0 Å². The first-order valence-corrected chi connectivity index (χ1v) is 25.5. The molecule has 9 heterocycles. The molecular weight excluding hydrogens is 1000 g/mol. The Kier molecular flexibility index (Phi) is 16.1. The molecule has 0 spiro atoms. The maximum absolute atomic E-state index is 12.6. The fraction of sp³-hybridized carbons (Fsp3) is 0.333. The van der Waals surface area contributed by atoms with Crippen LogP contribution in [0.2, 0.25) is 0 Å². The minimum absolute atomic E-state index is 0.0778. The Morgan fingerprint density at radius 3 is 1.53 bits per heavy atom. The maximum Gasteiger partial charge on any atom is 0.497 e. The Morgan fingerprint density at radius 2 is 1.04 bits per heavy atom. The molecule has 0 unspecified atom stereocenters. The van der Waals surface area contributed by atoms with Crippen LogP contribution in [0.1, 0.15) is 86.0 Å². The van der Waals surface area contributed by atoms with Crippen molar-refractivity contribution in [3.63, 3.8) is 0 Å². The lowest BCUT2D eigenvalue weighted by Crippen LogP contribution is -2.41. The number of halogens is 1. The maximum atomic E-state index is 12.6. The van der Waals surface area contributed by atoms with Crippen LogP contribution in [0, 0.1) is 0 Å². The number of anilines is 2. The lowest BCUT2D eigenvalue weighted by molar-refractivity contribution is 0.00578. The Bertz CT molecular complexity index is 3130. The number of rotatable bonds is 10. The number of carbonyl (C=O) groups excluding carboxylic acids is 2. The monoisotopic (exact) mass is 1060 g/mol. The van der Waals surface area contributed by atoms with Gasteiger partial charge >= 0.3 is 7.12 Å². The number of ether oxygens (including phenoxy) is 2. The van der Waals surface area contributed by atoms with Gasteiger partial charge in [-0.3, -0.25) is 9.59 Å². The van der Waals surface area contributed by atoms with E-state index in [1.165, 1.54) is 0 Å². The fourth-order valence-corrected chi connectivity index (χ4v) is 8.79. The number of hydrogen-bond acceptors (Lipinski definition) is 14. The molecule has 0 bridgehead atoms. The number of H-pyrrole nitrogens is 2. The van der Waals surface area contributed by atoms with Crippen molar-refractivity contribution in [3.8, 4) is 11.1 Å². The second-order valence-corrected chi connectivity index (χ2v) is 20.1. The molecule has 3 aliphatic heterocycles. The molecule has 0 aliphatic carbocycles. The number of benzene rings is 2. The summed E-state index contributed by atoms with van der Waals surface area (Å²) in [6.45, 7) is 18.6. The molecule has 3 aliphatic rings. The summed E-state index contributed by atoms with van der Waals surface area (Å²) in [5, 5.41) is 7.84. The molecule has 4 N–H and O–H groups in total. The van der Waals surface area contributed by atoms with Crippen molar-refractivity contribution in [2.45, 2.75) is 64.8 Å². The molecule has 3 fully saturated rings. The van der Waals surface area contributed by atoms with E-state index < -0.39 is 0 Å². The minimum atomic E-state index is -0.384. The summed E-state index contributed by atoms with van der Waals surface area (Å²) in [5.74, 6) is -0.272. The molecule has 2 atom stereocenters. The largest absolute Gasteiger partial charge is 0.497 e. The first-order valence-electron chi connectivity index (χ1n) is 24.7. The molecule has 2 amide bonds. The second kappa shape index (κ2) is 23.0. The number of aromatic amines is 2. The van der Waals surface area contributed by atoms with Crippen LogP contribution in [-0.4, -0.2) is 123 Å². The predicted octanol–water partition coefficient (Wildman–Crippen LogP) is 7.78. The van der Waals surface area contributed by atoms with Crippen LogP contribution in [-0.2, 0) is 18.8 Å². The highest BCUT2D eigenvalue weighted by Gasteiger charge is 2.52. The van der Waals surface area contributed by atoms with E-state index in [9.17, 15) is 9.59 Å². The van der Waals surface area contributed by atoms with Crippen molar-refractivity contribution < 1.29 is 28.4 Å². The number of amides is 2. The molecule has 382 valence electrons. The van der Waals surface area contributed by atoms with Gasteiger partial charge in [0.1, 0.15) is 11.3 Å². The molecule has 11 rings (SSSR count). The number of pyridine rings is 2. The lowest BCUT2D eigenvalue weighted by Gasteiger charge is -2.32. The zero-order valence-electron chi connectivity index (χ0n) is 42.3.